The first-order chi connectivity index (χ1) is 13.6. The predicted molar refractivity (Wildman–Crippen MR) is 104 cm³/mol. The minimum absolute atomic E-state index is 0.00955. The third kappa shape index (κ3) is 3.68. The summed E-state index contributed by atoms with van der Waals surface area (Å²) < 4.78 is 0. The minimum Gasteiger partial charge on any atom is -0.331 e. The van der Waals surface area contributed by atoms with E-state index in [4.69, 9.17) is 0 Å². The number of rotatable bonds is 5. The number of carbonyl (C=O) groups excluding carboxylic acids is 3. The number of piperazine rings is 1. The Bertz CT molecular complexity index is 854. The van der Waals surface area contributed by atoms with Crippen molar-refractivity contribution in [2.75, 3.05) is 32.7 Å². The molecular weight excluding hydrogens is 354 g/mol. The molecule has 144 valence electrons. The molecule has 0 unspecified atom stereocenters. The van der Waals surface area contributed by atoms with Crippen molar-refractivity contribution < 1.29 is 19.3 Å². The Morgan fingerprint density at radius 3 is 2.04 bits per heavy atom. The Balaban J connectivity index is 1.27. The highest BCUT2D eigenvalue weighted by atomic mass is 16.2. The van der Waals surface area contributed by atoms with Crippen LogP contribution in [-0.2, 0) is 11.3 Å². The first-order valence-corrected chi connectivity index (χ1v) is 9.74. The summed E-state index contributed by atoms with van der Waals surface area (Å²) in [5.74, 6) is -0.591. The van der Waals surface area contributed by atoms with Crippen LogP contribution in [0.4, 0.5) is 0 Å². The van der Waals surface area contributed by atoms with Crippen molar-refractivity contribution in [3.05, 3.63) is 71.3 Å². The number of nitrogens with zero attached hydrogens (tertiary/aromatic N) is 2. The summed E-state index contributed by atoms with van der Waals surface area (Å²) in [7, 11) is 0. The Kier molecular flexibility index (Phi) is 5.21. The van der Waals surface area contributed by atoms with Gasteiger partial charge in [0.15, 0.2) is 0 Å². The number of fused-ring (bicyclic) bond motifs is 1. The monoisotopic (exact) mass is 378 g/mol. The molecule has 4 rings (SSSR count). The third-order valence-electron chi connectivity index (χ3n) is 5.55. The number of hydrogen-bond acceptors (Lipinski definition) is 3. The topological polar surface area (TPSA) is 62.1 Å². The number of imide groups is 1. The van der Waals surface area contributed by atoms with E-state index in [1.807, 2.05) is 23.1 Å². The fraction of sp³-hybridized carbons (Fsp3) is 0.318. The van der Waals surface area contributed by atoms with Gasteiger partial charge < -0.3 is 9.80 Å². The first kappa shape index (κ1) is 18.4. The second-order valence-corrected chi connectivity index (χ2v) is 7.35. The molecule has 6 heteroatoms. The first-order valence-electron chi connectivity index (χ1n) is 9.74. The van der Waals surface area contributed by atoms with Crippen molar-refractivity contribution in [3.63, 3.8) is 0 Å². The van der Waals surface area contributed by atoms with Gasteiger partial charge in [0.2, 0.25) is 5.91 Å². The molecular formula is C22H24N3O3+. The van der Waals surface area contributed by atoms with Gasteiger partial charge in [-0.1, -0.05) is 42.5 Å². The van der Waals surface area contributed by atoms with E-state index >= 15 is 0 Å². The maximum Gasteiger partial charge on any atom is 0.261 e. The molecule has 1 N–H and O–H groups in total. The fourth-order valence-corrected chi connectivity index (χ4v) is 3.94. The Morgan fingerprint density at radius 1 is 0.857 bits per heavy atom. The van der Waals surface area contributed by atoms with Crippen LogP contribution in [0.2, 0.25) is 0 Å². The fourth-order valence-electron chi connectivity index (χ4n) is 3.94. The molecule has 3 amide bonds. The van der Waals surface area contributed by atoms with Gasteiger partial charge in [-0.25, -0.2) is 0 Å². The molecule has 6 nitrogen and oxygen atoms in total. The average molecular weight is 378 g/mol. The number of nitrogens with one attached hydrogen (secondary N) is 1. The molecule has 0 atom stereocenters. The Labute approximate surface area is 164 Å². The highest BCUT2D eigenvalue weighted by Gasteiger charge is 2.35. The lowest BCUT2D eigenvalue weighted by atomic mass is 10.1. The van der Waals surface area contributed by atoms with Crippen LogP contribution >= 0.6 is 0 Å². The number of hydrogen-bond donors (Lipinski definition) is 1. The molecule has 2 aliphatic heterocycles. The van der Waals surface area contributed by atoms with Crippen LogP contribution in [-0.4, -0.2) is 60.2 Å². The summed E-state index contributed by atoms with van der Waals surface area (Å²) in [5.41, 5.74) is 2.17. The molecule has 0 radical (unpaired) electrons. The van der Waals surface area contributed by atoms with E-state index < -0.39 is 0 Å². The third-order valence-corrected chi connectivity index (χ3v) is 5.55. The quantitative estimate of drug-likeness (QED) is 0.775. The zero-order valence-corrected chi connectivity index (χ0v) is 15.8. The van der Waals surface area contributed by atoms with E-state index in [1.165, 1.54) is 15.4 Å². The van der Waals surface area contributed by atoms with Crippen LogP contribution in [0.3, 0.4) is 0 Å². The summed E-state index contributed by atoms with van der Waals surface area (Å²) >= 11 is 0. The Morgan fingerprint density at radius 2 is 1.43 bits per heavy atom. The number of amides is 3. The summed E-state index contributed by atoms with van der Waals surface area (Å²) in [6.45, 7) is 4.35. The molecule has 0 aliphatic carbocycles. The van der Waals surface area contributed by atoms with Crippen molar-refractivity contribution in [1.29, 1.82) is 0 Å². The van der Waals surface area contributed by atoms with Gasteiger partial charge in [-0.15, -0.1) is 0 Å². The smallest absolute Gasteiger partial charge is 0.261 e. The molecule has 1 saturated heterocycles. The van der Waals surface area contributed by atoms with E-state index in [-0.39, 0.29) is 30.7 Å². The van der Waals surface area contributed by atoms with Gasteiger partial charge in [0, 0.05) is 18.5 Å². The number of benzene rings is 2. The van der Waals surface area contributed by atoms with E-state index in [0.717, 1.165) is 19.6 Å². The largest absolute Gasteiger partial charge is 0.331 e. The second kappa shape index (κ2) is 7.94. The lowest BCUT2D eigenvalue weighted by Crippen LogP contribution is -3.13. The van der Waals surface area contributed by atoms with Crippen LogP contribution in [0.15, 0.2) is 54.6 Å². The van der Waals surface area contributed by atoms with E-state index in [0.29, 0.717) is 24.2 Å². The van der Waals surface area contributed by atoms with E-state index in [9.17, 15) is 14.4 Å². The summed E-state index contributed by atoms with van der Waals surface area (Å²) in [6.07, 6.45) is 0.180. The van der Waals surface area contributed by atoms with Crippen LogP contribution in [0, 0.1) is 0 Å². The molecule has 0 aromatic heterocycles. The van der Waals surface area contributed by atoms with Crippen LogP contribution in [0.1, 0.15) is 32.7 Å². The number of quaternary nitrogens is 1. The summed E-state index contributed by atoms with van der Waals surface area (Å²) in [4.78, 5) is 41.9. The lowest BCUT2D eigenvalue weighted by molar-refractivity contribution is -0.917. The van der Waals surface area contributed by atoms with Gasteiger partial charge in [-0.3, -0.25) is 19.3 Å². The maximum atomic E-state index is 12.6. The zero-order valence-electron chi connectivity index (χ0n) is 15.8. The number of carbonyl (C=O) groups is 3. The highest BCUT2D eigenvalue weighted by Crippen LogP contribution is 2.22. The summed E-state index contributed by atoms with van der Waals surface area (Å²) in [6, 6.07) is 17.2. The van der Waals surface area contributed by atoms with Crippen molar-refractivity contribution in [1.82, 2.24) is 9.80 Å². The van der Waals surface area contributed by atoms with Gasteiger partial charge in [0.1, 0.15) is 6.54 Å². The highest BCUT2D eigenvalue weighted by molar-refractivity contribution is 6.21. The molecule has 0 saturated carbocycles. The van der Waals surface area contributed by atoms with Gasteiger partial charge >= 0.3 is 0 Å². The van der Waals surface area contributed by atoms with Gasteiger partial charge in [-0.2, -0.15) is 0 Å². The standard InChI is InChI=1S/C22H23N3O3/c26-20(10-11-25-21(27)18-8-4-5-9-19(18)22(25)28)24-14-12-23(13-15-24)16-17-6-2-1-3-7-17/h1-9H,10-16H2/p+1. The normalized spacial score (nSPS) is 17.1. The molecule has 0 bridgehead atoms. The molecule has 2 aliphatic rings. The maximum absolute atomic E-state index is 12.6. The lowest BCUT2D eigenvalue weighted by Gasteiger charge is -2.32. The SMILES string of the molecule is O=C(CCN1C(=O)c2ccccc2C1=O)N1CC[NH+](Cc2ccccc2)CC1. The molecule has 28 heavy (non-hydrogen) atoms. The van der Waals surface area contributed by atoms with Crippen LogP contribution in [0.5, 0.6) is 0 Å². The van der Waals surface area contributed by atoms with Crippen LogP contribution in [0.25, 0.3) is 0 Å². The Hall–Kier alpha value is -2.99. The molecule has 2 aromatic rings. The molecule has 2 aromatic carbocycles. The van der Waals surface area contributed by atoms with Crippen molar-refractivity contribution in [2.24, 2.45) is 0 Å². The van der Waals surface area contributed by atoms with Gasteiger partial charge in [-0.05, 0) is 12.1 Å². The minimum atomic E-state index is -0.300. The molecule has 2 heterocycles. The predicted octanol–water partition coefficient (Wildman–Crippen LogP) is 0.600. The van der Waals surface area contributed by atoms with Crippen molar-refractivity contribution >= 4 is 17.7 Å². The molecule has 0 spiro atoms. The van der Waals surface area contributed by atoms with Gasteiger partial charge in [0.05, 0.1) is 37.3 Å². The van der Waals surface area contributed by atoms with Gasteiger partial charge in [0.25, 0.3) is 11.8 Å². The molecule has 1 fully saturated rings. The average Bonchev–Trinajstić information content (AvgIpc) is 2.98. The van der Waals surface area contributed by atoms with Crippen molar-refractivity contribution in [2.45, 2.75) is 13.0 Å². The second-order valence-electron chi connectivity index (χ2n) is 7.35. The van der Waals surface area contributed by atoms with Crippen molar-refractivity contribution in [3.8, 4) is 0 Å². The summed E-state index contributed by atoms with van der Waals surface area (Å²) in [5, 5.41) is 0. The van der Waals surface area contributed by atoms with Crippen LogP contribution < -0.4 is 4.90 Å². The zero-order chi connectivity index (χ0) is 19.5. The van der Waals surface area contributed by atoms with E-state index in [1.54, 1.807) is 24.3 Å². The van der Waals surface area contributed by atoms with E-state index in [2.05, 4.69) is 12.1 Å².